The molecule has 1 aliphatic rings. The molecule has 0 aromatic carbocycles. The summed E-state index contributed by atoms with van der Waals surface area (Å²) in [7, 11) is 1.60. The zero-order valence-electron chi connectivity index (χ0n) is 6.81. The van der Waals surface area contributed by atoms with Crippen LogP contribution in [0.5, 0.6) is 0 Å². The van der Waals surface area contributed by atoms with Crippen LogP contribution in [0.1, 0.15) is 11.7 Å². The molecule has 7 heteroatoms. The maximum atomic E-state index is 11.3. The highest BCUT2D eigenvalue weighted by Crippen LogP contribution is 2.14. The van der Waals surface area contributed by atoms with Gasteiger partial charge in [0.25, 0.3) is 5.91 Å². The van der Waals surface area contributed by atoms with Crippen LogP contribution in [0.25, 0.3) is 0 Å². The van der Waals surface area contributed by atoms with E-state index >= 15 is 0 Å². The van der Waals surface area contributed by atoms with E-state index in [2.05, 4.69) is 25.2 Å². The van der Waals surface area contributed by atoms with E-state index in [1.54, 1.807) is 12.4 Å². The van der Waals surface area contributed by atoms with Gasteiger partial charge in [0, 0.05) is 12.4 Å². The third kappa shape index (κ3) is 1.37. The van der Waals surface area contributed by atoms with Crippen LogP contribution in [0.15, 0.2) is 10.4 Å². The van der Waals surface area contributed by atoms with Gasteiger partial charge in [-0.15, -0.1) is 5.10 Å². The standard InChI is InChI=1S/C6H7N5OS/c1-7-6-8-4(5(12)9-6)3-2-13-11-10-3/h2,4H,1H3,(H2,7,8,9,12). The summed E-state index contributed by atoms with van der Waals surface area (Å²) >= 11 is 1.22. The molecule has 1 fully saturated rings. The van der Waals surface area contributed by atoms with E-state index < -0.39 is 6.04 Å². The summed E-state index contributed by atoms with van der Waals surface area (Å²) in [6.07, 6.45) is 0. The minimum absolute atomic E-state index is 0.145. The Bertz CT molecular complexity index is 346. The summed E-state index contributed by atoms with van der Waals surface area (Å²) < 4.78 is 3.68. The highest BCUT2D eigenvalue weighted by Gasteiger charge is 2.30. The van der Waals surface area contributed by atoms with Gasteiger partial charge in [0.1, 0.15) is 5.69 Å². The third-order valence-corrected chi connectivity index (χ3v) is 2.20. The number of carbonyl (C=O) groups excluding carboxylic acids is 1. The van der Waals surface area contributed by atoms with Gasteiger partial charge in [-0.25, -0.2) is 0 Å². The fourth-order valence-electron chi connectivity index (χ4n) is 1.05. The van der Waals surface area contributed by atoms with E-state index in [-0.39, 0.29) is 5.91 Å². The van der Waals surface area contributed by atoms with Crippen molar-refractivity contribution in [3.05, 3.63) is 11.1 Å². The smallest absolute Gasteiger partial charge is 0.255 e. The van der Waals surface area contributed by atoms with Crippen LogP contribution in [0.4, 0.5) is 0 Å². The quantitative estimate of drug-likeness (QED) is 0.623. The molecule has 13 heavy (non-hydrogen) atoms. The average molecular weight is 197 g/mol. The molecule has 1 aliphatic heterocycles. The van der Waals surface area contributed by atoms with E-state index in [1.165, 1.54) is 11.5 Å². The number of guanidine groups is 1. The number of amides is 1. The summed E-state index contributed by atoms with van der Waals surface area (Å²) in [6.45, 7) is 0. The van der Waals surface area contributed by atoms with E-state index in [0.717, 1.165) is 0 Å². The Morgan fingerprint density at radius 2 is 2.54 bits per heavy atom. The van der Waals surface area contributed by atoms with Crippen molar-refractivity contribution in [1.29, 1.82) is 0 Å². The maximum absolute atomic E-state index is 11.3. The average Bonchev–Trinajstić information content (AvgIpc) is 2.72. The lowest BCUT2D eigenvalue weighted by atomic mass is 10.2. The number of carbonyl (C=O) groups is 1. The molecule has 2 rings (SSSR count). The van der Waals surface area contributed by atoms with Crippen molar-refractivity contribution in [2.24, 2.45) is 4.99 Å². The van der Waals surface area contributed by atoms with Crippen molar-refractivity contribution in [1.82, 2.24) is 20.2 Å². The van der Waals surface area contributed by atoms with Gasteiger partial charge < -0.3 is 5.32 Å². The van der Waals surface area contributed by atoms with Gasteiger partial charge in [-0.1, -0.05) is 4.49 Å². The van der Waals surface area contributed by atoms with Crippen LogP contribution >= 0.6 is 11.5 Å². The Labute approximate surface area is 78.2 Å². The summed E-state index contributed by atoms with van der Waals surface area (Å²) in [4.78, 5) is 15.2. The molecule has 6 nitrogen and oxygen atoms in total. The number of hydrogen-bond donors (Lipinski definition) is 2. The SMILES string of the molecule is CN=C1NC(=O)C(c2csnn2)N1. The van der Waals surface area contributed by atoms with Crippen molar-refractivity contribution in [2.45, 2.75) is 6.04 Å². The van der Waals surface area contributed by atoms with Crippen LogP contribution in [0.3, 0.4) is 0 Å². The molecule has 1 aromatic rings. The van der Waals surface area contributed by atoms with Crippen molar-refractivity contribution in [2.75, 3.05) is 7.05 Å². The Morgan fingerprint density at radius 3 is 3.08 bits per heavy atom. The summed E-state index contributed by atoms with van der Waals surface area (Å²) in [6, 6.07) is -0.447. The first-order valence-corrected chi connectivity index (χ1v) is 4.46. The van der Waals surface area contributed by atoms with Crippen LogP contribution in [0.2, 0.25) is 0 Å². The number of rotatable bonds is 1. The molecule has 0 radical (unpaired) electrons. The van der Waals surface area contributed by atoms with E-state index in [1.807, 2.05) is 0 Å². The van der Waals surface area contributed by atoms with Crippen molar-refractivity contribution < 1.29 is 4.79 Å². The summed E-state index contributed by atoms with van der Waals surface area (Å²) in [5.74, 6) is 0.330. The second-order valence-corrected chi connectivity index (χ2v) is 3.08. The first-order valence-electron chi connectivity index (χ1n) is 3.62. The highest BCUT2D eigenvalue weighted by molar-refractivity contribution is 7.03. The third-order valence-electron chi connectivity index (χ3n) is 1.68. The number of aliphatic imine (C=N–C) groups is 1. The fraction of sp³-hybridized carbons (Fsp3) is 0.333. The van der Waals surface area contributed by atoms with Gasteiger partial charge in [-0.3, -0.25) is 15.1 Å². The van der Waals surface area contributed by atoms with Crippen LogP contribution in [-0.2, 0) is 4.79 Å². The molecule has 2 N–H and O–H groups in total. The summed E-state index contributed by atoms with van der Waals surface area (Å²) in [5, 5.41) is 11.0. The predicted octanol–water partition coefficient (Wildman–Crippen LogP) is -0.716. The number of nitrogens with one attached hydrogen (secondary N) is 2. The van der Waals surface area contributed by atoms with Gasteiger partial charge in [0.2, 0.25) is 0 Å². The monoisotopic (exact) mass is 197 g/mol. The summed E-state index contributed by atoms with van der Waals surface area (Å²) in [5.41, 5.74) is 0.626. The minimum atomic E-state index is -0.447. The molecular formula is C6H7N5OS. The molecule has 0 spiro atoms. The minimum Gasteiger partial charge on any atom is -0.339 e. The van der Waals surface area contributed by atoms with Crippen molar-refractivity contribution in [3.63, 3.8) is 0 Å². The zero-order chi connectivity index (χ0) is 9.26. The second-order valence-electron chi connectivity index (χ2n) is 2.47. The van der Waals surface area contributed by atoms with Gasteiger partial charge >= 0.3 is 0 Å². The topological polar surface area (TPSA) is 79.3 Å². The molecule has 1 unspecified atom stereocenters. The Kier molecular flexibility index (Phi) is 1.93. The van der Waals surface area contributed by atoms with Crippen LogP contribution in [0, 0.1) is 0 Å². The van der Waals surface area contributed by atoms with Crippen LogP contribution in [-0.4, -0.2) is 28.5 Å². The predicted molar refractivity (Wildman–Crippen MR) is 47.3 cm³/mol. The first-order chi connectivity index (χ1) is 6.31. The van der Waals surface area contributed by atoms with E-state index in [9.17, 15) is 4.79 Å². The fourth-order valence-corrected chi connectivity index (χ4v) is 1.53. The molecular weight excluding hydrogens is 190 g/mol. The second kappa shape index (κ2) is 3.09. The first kappa shape index (κ1) is 8.11. The number of hydrogen-bond acceptors (Lipinski definition) is 5. The lowest BCUT2D eigenvalue weighted by molar-refractivity contribution is -0.120. The zero-order valence-corrected chi connectivity index (χ0v) is 7.63. The number of nitrogens with zero attached hydrogens (tertiary/aromatic N) is 3. The Morgan fingerprint density at radius 1 is 1.69 bits per heavy atom. The maximum Gasteiger partial charge on any atom is 0.255 e. The molecule has 0 bridgehead atoms. The van der Waals surface area contributed by atoms with Crippen molar-refractivity contribution >= 4 is 23.4 Å². The van der Waals surface area contributed by atoms with Gasteiger partial charge in [-0.2, -0.15) is 0 Å². The molecule has 2 heterocycles. The molecule has 1 saturated heterocycles. The Hall–Kier alpha value is -1.50. The largest absolute Gasteiger partial charge is 0.339 e. The van der Waals surface area contributed by atoms with Crippen LogP contribution < -0.4 is 10.6 Å². The van der Waals surface area contributed by atoms with E-state index in [0.29, 0.717) is 11.7 Å². The molecule has 1 aromatic heterocycles. The molecule has 1 amide bonds. The Balaban J connectivity index is 2.23. The lowest BCUT2D eigenvalue weighted by Gasteiger charge is -2.00. The van der Waals surface area contributed by atoms with Gasteiger partial charge in [-0.05, 0) is 11.5 Å². The lowest BCUT2D eigenvalue weighted by Crippen LogP contribution is -2.24. The van der Waals surface area contributed by atoms with Crippen molar-refractivity contribution in [3.8, 4) is 0 Å². The van der Waals surface area contributed by atoms with Gasteiger partial charge in [0.05, 0.1) is 0 Å². The molecule has 68 valence electrons. The molecule has 0 saturated carbocycles. The molecule has 1 atom stereocenters. The van der Waals surface area contributed by atoms with Gasteiger partial charge in [0.15, 0.2) is 12.0 Å². The normalized spacial score (nSPS) is 24.5. The number of aromatic nitrogens is 2. The highest BCUT2D eigenvalue weighted by atomic mass is 32.1. The molecule has 0 aliphatic carbocycles. The van der Waals surface area contributed by atoms with E-state index in [4.69, 9.17) is 0 Å².